The predicted octanol–water partition coefficient (Wildman–Crippen LogP) is 4.48. The number of hydrogen-bond donors (Lipinski definition) is 0. The number of piperidine rings is 1. The van der Waals surface area contributed by atoms with E-state index in [1.807, 2.05) is 0 Å². The van der Waals surface area contributed by atoms with Crippen LogP contribution in [0.1, 0.15) is 39.2 Å². The molecule has 0 radical (unpaired) electrons. The molecule has 0 spiro atoms. The second-order valence-corrected chi connectivity index (χ2v) is 6.83. The Morgan fingerprint density at radius 3 is 2.58 bits per heavy atom. The number of nitrogens with zero attached hydrogens (tertiary/aromatic N) is 1. The topological polar surface area (TPSA) is 38.8 Å². The van der Waals surface area contributed by atoms with Gasteiger partial charge in [0.25, 0.3) is 0 Å². The first kappa shape index (κ1) is 18.4. The molecule has 0 N–H and O–H groups in total. The Morgan fingerprint density at radius 2 is 1.96 bits per heavy atom. The number of likely N-dealkylation sites (tertiary alicyclic amines) is 1. The summed E-state index contributed by atoms with van der Waals surface area (Å²) in [5.41, 5.74) is -1.34. The summed E-state index contributed by atoms with van der Waals surface area (Å²) < 4.78 is 49.2. The molecule has 1 aromatic carbocycles. The molecule has 134 valence electrons. The normalized spacial score (nSPS) is 19.1. The van der Waals surface area contributed by atoms with Crippen molar-refractivity contribution < 1.29 is 27.4 Å². The molecular formula is C17H22F3NO3. The number of benzene rings is 1. The van der Waals surface area contributed by atoms with Gasteiger partial charge in [-0.2, -0.15) is 13.2 Å². The van der Waals surface area contributed by atoms with E-state index in [0.717, 1.165) is 12.1 Å². The summed E-state index contributed by atoms with van der Waals surface area (Å²) in [7, 11) is 0. The smallest absolute Gasteiger partial charge is 0.416 e. The summed E-state index contributed by atoms with van der Waals surface area (Å²) >= 11 is 0. The van der Waals surface area contributed by atoms with E-state index in [-0.39, 0.29) is 11.9 Å². The third-order valence-corrected chi connectivity index (χ3v) is 3.49. The highest BCUT2D eigenvalue weighted by atomic mass is 19.4. The Balaban J connectivity index is 1.99. The van der Waals surface area contributed by atoms with Crippen molar-refractivity contribution in [3.8, 4) is 5.75 Å². The average Bonchev–Trinajstić information content (AvgIpc) is 2.45. The predicted molar refractivity (Wildman–Crippen MR) is 82.9 cm³/mol. The molecule has 0 aliphatic carbocycles. The van der Waals surface area contributed by atoms with Crippen LogP contribution in [0, 0.1) is 0 Å². The third kappa shape index (κ3) is 5.32. The second kappa shape index (κ2) is 6.91. The van der Waals surface area contributed by atoms with Crippen molar-refractivity contribution in [2.45, 2.75) is 51.5 Å². The van der Waals surface area contributed by atoms with Crippen molar-refractivity contribution in [1.29, 1.82) is 0 Å². The minimum atomic E-state index is -4.41. The number of ether oxygens (including phenoxy) is 2. The Hall–Kier alpha value is -1.92. The van der Waals surface area contributed by atoms with Gasteiger partial charge in [-0.1, -0.05) is 6.07 Å². The Morgan fingerprint density at radius 1 is 1.25 bits per heavy atom. The van der Waals surface area contributed by atoms with Gasteiger partial charge in [-0.15, -0.1) is 0 Å². The van der Waals surface area contributed by atoms with Crippen molar-refractivity contribution in [2.24, 2.45) is 0 Å². The maximum Gasteiger partial charge on any atom is 0.416 e. The molecule has 0 aromatic heterocycles. The maximum atomic E-state index is 12.7. The van der Waals surface area contributed by atoms with Crippen LogP contribution in [0.4, 0.5) is 18.0 Å². The second-order valence-electron chi connectivity index (χ2n) is 6.83. The number of halogens is 3. The molecule has 0 saturated carbocycles. The van der Waals surface area contributed by atoms with E-state index in [1.54, 1.807) is 20.8 Å². The van der Waals surface area contributed by atoms with Crippen molar-refractivity contribution in [3.63, 3.8) is 0 Å². The molecule has 1 aliphatic heterocycles. The molecule has 1 heterocycles. The van der Waals surface area contributed by atoms with E-state index in [9.17, 15) is 18.0 Å². The highest BCUT2D eigenvalue weighted by Crippen LogP contribution is 2.32. The van der Waals surface area contributed by atoms with Crippen LogP contribution in [-0.2, 0) is 10.9 Å². The average molecular weight is 345 g/mol. The van der Waals surface area contributed by atoms with E-state index in [0.29, 0.717) is 25.9 Å². The van der Waals surface area contributed by atoms with Gasteiger partial charge in [-0.3, -0.25) is 0 Å². The summed E-state index contributed by atoms with van der Waals surface area (Å²) in [6, 6.07) is 4.78. The highest BCUT2D eigenvalue weighted by Gasteiger charge is 2.32. The van der Waals surface area contributed by atoms with E-state index in [2.05, 4.69) is 0 Å². The van der Waals surface area contributed by atoms with Crippen LogP contribution in [0.15, 0.2) is 24.3 Å². The molecule has 1 unspecified atom stereocenters. The van der Waals surface area contributed by atoms with Gasteiger partial charge in [0, 0.05) is 6.54 Å². The number of alkyl halides is 3. The highest BCUT2D eigenvalue weighted by molar-refractivity contribution is 5.68. The van der Waals surface area contributed by atoms with Crippen LogP contribution in [-0.4, -0.2) is 35.8 Å². The Labute approximate surface area is 139 Å². The molecule has 1 amide bonds. The minimum Gasteiger partial charge on any atom is -0.489 e. The SMILES string of the molecule is CC(C)(C)OC(=O)N1CCCC(Oc2cccc(C(F)(F)F)c2)C1. The standard InChI is InChI=1S/C17H22F3NO3/c1-16(2,3)24-15(22)21-9-5-8-14(11-21)23-13-7-4-6-12(10-13)17(18,19)20/h4,6-7,10,14H,5,8-9,11H2,1-3H3. The summed E-state index contributed by atoms with van der Waals surface area (Å²) in [6.07, 6.45) is -3.80. The van der Waals surface area contributed by atoms with Crippen LogP contribution < -0.4 is 4.74 Å². The number of amides is 1. The van der Waals surface area contributed by atoms with Gasteiger partial charge in [0.1, 0.15) is 17.5 Å². The quantitative estimate of drug-likeness (QED) is 0.793. The first-order valence-electron chi connectivity index (χ1n) is 7.86. The fraction of sp³-hybridized carbons (Fsp3) is 0.588. The fourth-order valence-corrected chi connectivity index (χ4v) is 2.46. The van der Waals surface area contributed by atoms with Crippen LogP contribution in [0.2, 0.25) is 0 Å². The fourth-order valence-electron chi connectivity index (χ4n) is 2.46. The monoisotopic (exact) mass is 345 g/mol. The van der Waals surface area contributed by atoms with E-state index in [1.165, 1.54) is 17.0 Å². The van der Waals surface area contributed by atoms with Crippen molar-refractivity contribution in [3.05, 3.63) is 29.8 Å². The zero-order valence-corrected chi connectivity index (χ0v) is 14.0. The minimum absolute atomic E-state index is 0.154. The third-order valence-electron chi connectivity index (χ3n) is 3.49. The van der Waals surface area contributed by atoms with Gasteiger partial charge in [-0.05, 0) is 51.8 Å². The van der Waals surface area contributed by atoms with Crippen molar-refractivity contribution in [2.75, 3.05) is 13.1 Å². The number of rotatable bonds is 2. The van der Waals surface area contributed by atoms with Crippen LogP contribution >= 0.6 is 0 Å². The van der Waals surface area contributed by atoms with Gasteiger partial charge in [-0.25, -0.2) is 4.79 Å². The van der Waals surface area contributed by atoms with Gasteiger partial charge in [0.05, 0.1) is 12.1 Å². The molecule has 1 fully saturated rings. The lowest BCUT2D eigenvalue weighted by Gasteiger charge is -2.34. The van der Waals surface area contributed by atoms with E-state index < -0.39 is 23.4 Å². The molecule has 4 nitrogen and oxygen atoms in total. The van der Waals surface area contributed by atoms with Gasteiger partial charge in [0.15, 0.2) is 0 Å². The molecule has 2 rings (SSSR count). The molecule has 1 saturated heterocycles. The molecule has 0 bridgehead atoms. The lowest BCUT2D eigenvalue weighted by molar-refractivity contribution is -0.137. The van der Waals surface area contributed by atoms with Crippen molar-refractivity contribution in [1.82, 2.24) is 4.90 Å². The first-order chi connectivity index (χ1) is 11.0. The van der Waals surface area contributed by atoms with Crippen LogP contribution in [0.3, 0.4) is 0 Å². The summed E-state index contributed by atoms with van der Waals surface area (Å²) in [5.74, 6) is 0.154. The van der Waals surface area contributed by atoms with Crippen molar-refractivity contribution >= 4 is 6.09 Å². The lowest BCUT2D eigenvalue weighted by Crippen LogP contribution is -2.46. The van der Waals surface area contributed by atoms with Crippen LogP contribution in [0.25, 0.3) is 0 Å². The number of carbonyl (C=O) groups is 1. The zero-order chi connectivity index (χ0) is 18.0. The van der Waals surface area contributed by atoms with E-state index >= 15 is 0 Å². The van der Waals surface area contributed by atoms with Gasteiger partial charge < -0.3 is 14.4 Å². The largest absolute Gasteiger partial charge is 0.489 e. The van der Waals surface area contributed by atoms with Gasteiger partial charge in [0.2, 0.25) is 0 Å². The molecule has 1 aliphatic rings. The maximum absolute atomic E-state index is 12.7. The van der Waals surface area contributed by atoms with Crippen LogP contribution in [0.5, 0.6) is 5.75 Å². The Bertz CT molecular complexity index is 581. The number of hydrogen-bond acceptors (Lipinski definition) is 3. The molecule has 1 aromatic rings. The lowest BCUT2D eigenvalue weighted by atomic mass is 10.1. The molecular weight excluding hydrogens is 323 g/mol. The summed E-state index contributed by atoms with van der Waals surface area (Å²) in [6.45, 7) is 6.20. The number of carbonyl (C=O) groups excluding carboxylic acids is 1. The Kier molecular flexibility index (Phi) is 5.30. The first-order valence-corrected chi connectivity index (χ1v) is 7.86. The van der Waals surface area contributed by atoms with Gasteiger partial charge >= 0.3 is 12.3 Å². The summed E-state index contributed by atoms with van der Waals surface area (Å²) in [4.78, 5) is 13.6. The molecule has 24 heavy (non-hydrogen) atoms. The molecule has 1 atom stereocenters. The summed E-state index contributed by atoms with van der Waals surface area (Å²) in [5, 5.41) is 0. The molecule has 7 heteroatoms. The zero-order valence-electron chi connectivity index (χ0n) is 14.0. The van der Waals surface area contributed by atoms with E-state index in [4.69, 9.17) is 9.47 Å².